The van der Waals surface area contributed by atoms with Crippen LogP contribution in [0.5, 0.6) is 0 Å². The van der Waals surface area contributed by atoms with Gasteiger partial charge in [0, 0.05) is 32.2 Å². The minimum atomic E-state index is -3.25. The van der Waals surface area contributed by atoms with E-state index in [1.807, 2.05) is 36.4 Å². The number of nitrogens with zero attached hydrogens (tertiary/aromatic N) is 1. The third-order valence-electron chi connectivity index (χ3n) is 9.97. The molecule has 1 aliphatic heterocycles. The first-order valence-electron chi connectivity index (χ1n) is 16.1. The van der Waals surface area contributed by atoms with Crippen molar-refractivity contribution in [1.82, 2.24) is 4.57 Å². The van der Waals surface area contributed by atoms with E-state index in [-0.39, 0.29) is 0 Å². The van der Waals surface area contributed by atoms with E-state index in [4.69, 9.17) is 0 Å². The summed E-state index contributed by atoms with van der Waals surface area (Å²) in [6.07, 6.45) is 0. The van der Waals surface area contributed by atoms with Crippen LogP contribution in [0.1, 0.15) is 0 Å². The third-order valence-corrected chi connectivity index (χ3v) is 13.1. The summed E-state index contributed by atoms with van der Waals surface area (Å²) in [6, 6.07) is 59.7. The van der Waals surface area contributed by atoms with E-state index >= 15 is 4.57 Å². The molecule has 0 bridgehead atoms. The van der Waals surface area contributed by atoms with Crippen LogP contribution in [0.25, 0.3) is 71.3 Å². The number of aromatic nitrogens is 1. The largest absolute Gasteiger partial charge is 0.309 e. The molecule has 0 N–H and O–H groups in total. The summed E-state index contributed by atoms with van der Waals surface area (Å²) in [5, 5.41) is 9.69. The summed E-state index contributed by atoms with van der Waals surface area (Å²) in [4.78, 5) is 0. The Bertz CT molecular complexity index is 2700. The average molecular weight is 618 g/mol. The van der Waals surface area contributed by atoms with Crippen LogP contribution in [0.3, 0.4) is 0 Å². The highest BCUT2D eigenvalue weighted by Gasteiger charge is 2.43. The van der Waals surface area contributed by atoms with Gasteiger partial charge in [0.2, 0.25) is 0 Å². The summed E-state index contributed by atoms with van der Waals surface area (Å²) >= 11 is 0. The predicted octanol–water partition coefficient (Wildman–Crippen LogP) is 10.4. The van der Waals surface area contributed by atoms with Gasteiger partial charge >= 0.3 is 0 Å². The summed E-state index contributed by atoms with van der Waals surface area (Å²) < 4.78 is 18.5. The highest BCUT2D eigenvalue weighted by atomic mass is 31.2. The normalized spacial score (nSPS) is 15.4. The number of hydrogen-bond acceptors (Lipinski definition) is 1. The first-order valence-corrected chi connectivity index (χ1v) is 17.8. The Labute approximate surface area is 272 Å². The Morgan fingerprint density at radius 3 is 1.68 bits per heavy atom. The van der Waals surface area contributed by atoms with E-state index in [1.165, 1.54) is 21.9 Å². The number of hydrogen-bond donors (Lipinski definition) is 0. The molecule has 0 saturated heterocycles. The second kappa shape index (κ2) is 9.90. The van der Waals surface area contributed by atoms with Gasteiger partial charge in [-0.05, 0) is 39.1 Å². The Balaban J connectivity index is 1.46. The Morgan fingerprint density at radius 1 is 0.426 bits per heavy atom. The van der Waals surface area contributed by atoms with Gasteiger partial charge in [-0.25, -0.2) is 0 Å². The van der Waals surface area contributed by atoms with Crippen molar-refractivity contribution >= 4 is 66.4 Å². The Hall–Kier alpha value is -5.69. The molecule has 2 heterocycles. The second-order valence-corrected chi connectivity index (χ2v) is 15.0. The molecule has 47 heavy (non-hydrogen) atoms. The first-order chi connectivity index (χ1) is 23.2. The monoisotopic (exact) mass is 617 g/mol. The maximum absolute atomic E-state index is 16.1. The van der Waals surface area contributed by atoms with Gasteiger partial charge in [0.05, 0.1) is 22.0 Å². The van der Waals surface area contributed by atoms with Gasteiger partial charge in [-0.1, -0.05) is 164 Å². The fourth-order valence-electron chi connectivity index (χ4n) is 8.07. The highest BCUT2D eigenvalue weighted by Crippen LogP contribution is 2.55. The van der Waals surface area contributed by atoms with Crippen molar-refractivity contribution in [1.29, 1.82) is 0 Å². The summed E-state index contributed by atoms with van der Waals surface area (Å²) in [5.41, 5.74) is 7.78. The maximum Gasteiger partial charge on any atom is 0.174 e. The minimum Gasteiger partial charge on any atom is -0.309 e. The van der Waals surface area contributed by atoms with Gasteiger partial charge in [0.15, 0.2) is 7.14 Å². The smallest absolute Gasteiger partial charge is 0.174 e. The molecule has 0 spiro atoms. The summed E-state index contributed by atoms with van der Waals surface area (Å²) in [5.74, 6) is 0. The van der Waals surface area contributed by atoms with Crippen LogP contribution in [0.2, 0.25) is 0 Å². The topological polar surface area (TPSA) is 22.0 Å². The van der Waals surface area contributed by atoms with Crippen molar-refractivity contribution in [3.63, 3.8) is 0 Å². The van der Waals surface area contributed by atoms with Crippen molar-refractivity contribution < 1.29 is 4.57 Å². The minimum absolute atomic E-state index is 0.865. The first kappa shape index (κ1) is 26.5. The Kier molecular flexibility index (Phi) is 5.59. The van der Waals surface area contributed by atoms with Crippen molar-refractivity contribution in [3.8, 4) is 27.9 Å². The quantitative estimate of drug-likeness (QED) is 0.143. The zero-order valence-corrected chi connectivity index (χ0v) is 26.4. The molecular weight excluding hydrogens is 589 g/mol. The number of para-hydroxylation sites is 1. The van der Waals surface area contributed by atoms with E-state index in [0.717, 1.165) is 65.3 Å². The molecule has 0 radical (unpaired) electrons. The van der Waals surface area contributed by atoms with Gasteiger partial charge in [0.25, 0.3) is 0 Å². The number of benzene rings is 8. The van der Waals surface area contributed by atoms with E-state index in [2.05, 4.69) is 138 Å². The van der Waals surface area contributed by atoms with Crippen LogP contribution in [-0.2, 0) is 4.57 Å². The zero-order chi connectivity index (χ0) is 31.1. The summed E-state index contributed by atoms with van der Waals surface area (Å²) in [7, 11) is -3.25. The number of fused-ring (bicyclic) bond motifs is 9. The molecule has 0 saturated carbocycles. The van der Waals surface area contributed by atoms with Crippen LogP contribution in [-0.4, -0.2) is 4.57 Å². The second-order valence-electron chi connectivity index (χ2n) is 12.4. The molecule has 2 nitrogen and oxygen atoms in total. The predicted molar refractivity (Wildman–Crippen MR) is 200 cm³/mol. The molecule has 1 atom stereocenters. The van der Waals surface area contributed by atoms with E-state index < -0.39 is 7.14 Å². The lowest BCUT2D eigenvalue weighted by atomic mass is 9.90. The molecule has 1 unspecified atom stereocenters. The van der Waals surface area contributed by atoms with E-state index in [0.29, 0.717) is 0 Å². The molecule has 8 aromatic carbocycles. The fourth-order valence-corrected chi connectivity index (χ4v) is 11.3. The lowest BCUT2D eigenvalue weighted by molar-refractivity contribution is 0.593. The van der Waals surface area contributed by atoms with Gasteiger partial charge in [0.1, 0.15) is 0 Å². The molecule has 1 aliphatic rings. The van der Waals surface area contributed by atoms with Crippen molar-refractivity contribution in [2.45, 2.75) is 0 Å². The fraction of sp³-hybridized carbons (Fsp3) is 0. The molecule has 0 aliphatic carbocycles. The van der Waals surface area contributed by atoms with Gasteiger partial charge in [-0.2, -0.15) is 0 Å². The molecule has 10 rings (SSSR count). The maximum atomic E-state index is 16.1. The standard InChI is InChI=1S/C44H28NOP/c46-47(30-17-5-2-6-18-30)40-26-14-12-20-32(40)38-28-27-37-31-19-11-13-25-39(31)45(43(37)44(38)47)42-35-23-9-7-21-33(35)41(29-15-3-1-4-16-29)34-22-8-10-24-36(34)42/h1-28H. The van der Waals surface area contributed by atoms with Crippen LogP contribution >= 0.6 is 7.14 Å². The van der Waals surface area contributed by atoms with Crippen LogP contribution in [0, 0.1) is 0 Å². The molecular formula is C44H28NOP. The molecule has 1 aromatic heterocycles. The Morgan fingerprint density at radius 2 is 0.979 bits per heavy atom. The van der Waals surface area contributed by atoms with Crippen LogP contribution in [0.4, 0.5) is 0 Å². The highest BCUT2D eigenvalue weighted by molar-refractivity contribution is 7.86. The lowest BCUT2D eigenvalue weighted by Crippen LogP contribution is -2.22. The number of rotatable bonds is 3. The van der Waals surface area contributed by atoms with Crippen molar-refractivity contribution in [3.05, 3.63) is 170 Å². The molecule has 0 fully saturated rings. The SMILES string of the molecule is O=P1(c2ccccc2)c2ccccc2-c2ccc3c4ccccc4n(-c4c5ccccc5c(-c5ccccc5)c5ccccc45)c3c21. The molecule has 0 amide bonds. The van der Waals surface area contributed by atoms with Crippen molar-refractivity contribution in [2.24, 2.45) is 0 Å². The third kappa shape index (κ3) is 3.54. The average Bonchev–Trinajstić information content (AvgIpc) is 3.61. The van der Waals surface area contributed by atoms with E-state index in [1.54, 1.807) is 0 Å². The van der Waals surface area contributed by atoms with Crippen molar-refractivity contribution in [2.75, 3.05) is 0 Å². The van der Waals surface area contributed by atoms with Gasteiger partial charge < -0.3 is 9.13 Å². The lowest BCUT2D eigenvalue weighted by Gasteiger charge is -2.22. The molecule has 9 aromatic rings. The van der Waals surface area contributed by atoms with Crippen LogP contribution < -0.4 is 15.9 Å². The van der Waals surface area contributed by atoms with Gasteiger partial charge in [-0.15, -0.1) is 0 Å². The molecule has 220 valence electrons. The molecule has 3 heteroatoms. The summed E-state index contributed by atoms with van der Waals surface area (Å²) in [6.45, 7) is 0. The van der Waals surface area contributed by atoms with E-state index in [9.17, 15) is 0 Å². The van der Waals surface area contributed by atoms with Gasteiger partial charge in [-0.3, -0.25) is 0 Å². The van der Waals surface area contributed by atoms with Crippen LogP contribution in [0.15, 0.2) is 170 Å². The zero-order valence-electron chi connectivity index (χ0n) is 25.5.